The van der Waals surface area contributed by atoms with E-state index in [1.165, 1.54) is 4.31 Å². The molecule has 0 aliphatic carbocycles. The summed E-state index contributed by atoms with van der Waals surface area (Å²) in [7, 11) is -3.58. The standard InChI is InChI=1S/C23H28N4O3S/c1-14-11-15(2)22(16(3)12-14)31(29,30)27-9-7-18(8-10-27)23(28)26-19-5-6-20-21(13-19)25-17(4)24-20/h5-6,11-13,18H,7-10H2,1-4H3,(H,24,25)(H,26,28). The number of amides is 1. The lowest BCUT2D eigenvalue weighted by atomic mass is 9.97. The van der Waals surface area contributed by atoms with Gasteiger partial charge in [-0.25, -0.2) is 13.4 Å². The van der Waals surface area contributed by atoms with E-state index in [1.807, 2.05) is 58.0 Å². The van der Waals surface area contributed by atoms with Crippen LogP contribution in [-0.4, -0.2) is 41.7 Å². The van der Waals surface area contributed by atoms with Crippen LogP contribution in [-0.2, 0) is 14.8 Å². The van der Waals surface area contributed by atoms with Crippen LogP contribution >= 0.6 is 0 Å². The Balaban J connectivity index is 1.43. The Morgan fingerprint density at radius 2 is 1.71 bits per heavy atom. The minimum absolute atomic E-state index is 0.0738. The molecule has 8 heteroatoms. The maximum atomic E-state index is 13.3. The quantitative estimate of drug-likeness (QED) is 0.644. The van der Waals surface area contributed by atoms with E-state index in [9.17, 15) is 13.2 Å². The molecule has 2 heterocycles. The first kappa shape index (κ1) is 21.5. The van der Waals surface area contributed by atoms with Crippen molar-refractivity contribution in [3.63, 3.8) is 0 Å². The summed E-state index contributed by atoms with van der Waals surface area (Å²) in [6.07, 6.45) is 1.00. The first-order valence-electron chi connectivity index (χ1n) is 10.5. The Labute approximate surface area is 182 Å². The average Bonchev–Trinajstić information content (AvgIpc) is 3.06. The number of piperidine rings is 1. The molecule has 0 spiro atoms. The zero-order valence-corrected chi connectivity index (χ0v) is 19.1. The van der Waals surface area contributed by atoms with Gasteiger partial charge in [0.2, 0.25) is 15.9 Å². The number of aromatic amines is 1. The molecular weight excluding hydrogens is 412 g/mol. The molecule has 2 aromatic carbocycles. The van der Waals surface area contributed by atoms with Crippen LogP contribution in [0, 0.1) is 33.6 Å². The number of carbonyl (C=O) groups is 1. The van der Waals surface area contributed by atoms with Gasteiger partial charge in [0, 0.05) is 24.7 Å². The topological polar surface area (TPSA) is 95.2 Å². The second-order valence-electron chi connectivity index (χ2n) is 8.45. The second kappa shape index (κ2) is 8.09. The molecule has 31 heavy (non-hydrogen) atoms. The fourth-order valence-electron chi connectivity index (χ4n) is 4.52. The average molecular weight is 441 g/mol. The van der Waals surface area contributed by atoms with Gasteiger partial charge in [-0.3, -0.25) is 4.79 Å². The molecule has 1 aromatic heterocycles. The molecule has 1 aliphatic rings. The van der Waals surface area contributed by atoms with Crippen molar-refractivity contribution in [2.24, 2.45) is 5.92 Å². The van der Waals surface area contributed by atoms with E-state index in [-0.39, 0.29) is 11.8 Å². The van der Waals surface area contributed by atoms with Crippen LogP contribution in [0.2, 0.25) is 0 Å². The van der Waals surface area contributed by atoms with Crippen LogP contribution in [0.3, 0.4) is 0 Å². The van der Waals surface area contributed by atoms with E-state index < -0.39 is 10.0 Å². The van der Waals surface area contributed by atoms with Crippen molar-refractivity contribution in [2.75, 3.05) is 18.4 Å². The lowest BCUT2D eigenvalue weighted by molar-refractivity contribution is -0.120. The van der Waals surface area contributed by atoms with Gasteiger partial charge in [0.05, 0.1) is 15.9 Å². The number of benzene rings is 2. The number of hydrogen-bond acceptors (Lipinski definition) is 4. The maximum Gasteiger partial charge on any atom is 0.243 e. The number of rotatable bonds is 4. The van der Waals surface area contributed by atoms with Crippen molar-refractivity contribution in [1.82, 2.24) is 14.3 Å². The minimum atomic E-state index is -3.58. The number of nitrogens with zero attached hydrogens (tertiary/aromatic N) is 2. The van der Waals surface area contributed by atoms with Gasteiger partial charge in [-0.1, -0.05) is 17.7 Å². The third-order valence-corrected chi connectivity index (χ3v) is 8.10. The number of H-pyrrole nitrogens is 1. The maximum absolute atomic E-state index is 13.3. The SMILES string of the molecule is Cc1cc(C)c(S(=O)(=O)N2CCC(C(=O)Nc3ccc4nc(C)[nH]c4c3)CC2)c(C)c1. The zero-order chi connectivity index (χ0) is 22.3. The Morgan fingerprint density at radius 1 is 1.06 bits per heavy atom. The van der Waals surface area contributed by atoms with Crippen LogP contribution in [0.25, 0.3) is 11.0 Å². The Hall–Kier alpha value is -2.71. The van der Waals surface area contributed by atoms with Crippen LogP contribution < -0.4 is 5.32 Å². The van der Waals surface area contributed by atoms with E-state index in [0.29, 0.717) is 36.5 Å². The number of aromatic nitrogens is 2. The summed E-state index contributed by atoms with van der Waals surface area (Å²) in [5.41, 5.74) is 5.02. The first-order valence-corrected chi connectivity index (χ1v) is 11.9. The summed E-state index contributed by atoms with van der Waals surface area (Å²) in [5, 5.41) is 2.97. The molecule has 4 rings (SSSR count). The third-order valence-electron chi connectivity index (χ3n) is 5.90. The molecule has 0 saturated carbocycles. The van der Waals surface area contributed by atoms with Crippen molar-refractivity contribution in [2.45, 2.75) is 45.4 Å². The third kappa shape index (κ3) is 4.22. The number of anilines is 1. The molecule has 7 nitrogen and oxygen atoms in total. The highest BCUT2D eigenvalue weighted by Gasteiger charge is 2.33. The summed E-state index contributed by atoms with van der Waals surface area (Å²) in [6.45, 7) is 8.21. The van der Waals surface area contributed by atoms with Crippen molar-refractivity contribution in [3.8, 4) is 0 Å². The van der Waals surface area contributed by atoms with E-state index >= 15 is 0 Å². The van der Waals surface area contributed by atoms with Crippen molar-refractivity contribution in [3.05, 3.63) is 52.8 Å². The number of hydrogen-bond donors (Lipinski definition) is 2. The molecule has 164 valence electrons. The van der Waals surface area contributed by atoms with Crippen molar-refractivity contribution in [1.29, 1.82) is 0 Å². The Morgan fingerprint density at radius 3 is 2.35 bits per heavy atom. The van der Waals surface area contributed by atoms with E-state index in [2.05, 4.69) is 15.3 Å². The number of nitrogens with one attached hydrogen (secondary N) is 2. The van der Waals surface area contributed by atoms with Gasteiger partial charge >= 0.3 is 0 Å². The van der Waals surface area contributed by atoms with E-state index in [0.717, 1.165) is 33.5 Å². The van der Waals surface area contributed by atoms with Crippen molar-refractivity contribution < 1.29 is 13.2 Å². The van der Waals surface area contributed by atoms with Gasteiger partial charge in [-0.05, 0) is 69.9 Å². The summed E-state index contributed by atoms with van der Waals surface area (Å²) in [6, 6.07) is 9.38. The predicted octanol–water partition coefficient (Wildman–Crippen LogP) is 3.84. The van der Waals surface area contributed by atoms with Crippen LogP contribution in [0.1, 0.15) is 35.4 Å². The summed E-state index contributed by atoms with van der Waals surface area (Å²) < 4.78 is 28.0. The number of fused-ring (bicyclic) bond motifs is 1. The largest absolute Gasteiger partial charge is 0.342 e. The lowest BCUT2D eigenvalue weighted by Gasteiger charge is -2.31. The molecule has 0 atom stereocenters. The molecule has 2 N–H and O–H groups in total. The zero-order valence-electron chi connectivity index (χ0n) is 18.3. The molecule has 1 aliphatic heterocycles. The molecular formula is C23H28N4O3S. The highest BCUT2D eigenvalue weighted by atomic mass is 32.2. The summed E-state index contributed by atoms with van der Waals surface area (Å²) in [4.78, 5) is 20.7. The normalized spacial score (nSPS) is 16.0. The summed E-state index contributed by atoms with van der Waals surface area (Å²) >= 11 is 0. The predicted molar refractivity (Wildman–Crippen MR) is 122 cm³/mol. The molecule has 1 saturated heterocycles. The molecule has 1 amide bonds. The van der Waals surface area contributed by atoms with Crippen molar-refractivity contribution >= 4 is 32.7 Å². The molecule has 3 aromatic rings. The number of imidazole rings is 1. The van der Waals surface area contributed by atoms with Gasteiger partial charge in [-0.15, -0.1) is 0 Å². The highest BCUT2D eigenvalue weighted by molar-refractivity contribution is 7.89. The van der Waals surface area contributed by atoms with Crippen LogP contribution in [0.4, 0.5) is 5.69 Å². The van der Waals surface area contributed by atoms with Gasteiger partial charge in [0.15, 0.2) is 0 Å². The minimum Gasteiger partial charge on any atom is -0.342 e. The van der Waals surface area contributed by atoms with Crippen LogP contribution in [0.5, 0.6) is 0 Å². The molecule has 0 radical (unpaired) electrons. The van der Waals surface area contributed by atoms with Gasteiger partial charge < -0.3 is 10.3 Å². The molecule has 0 unspecified atom stereocenters. The van der Waals surface area contributed by atoms with Gasteiger partial charge in [0.25, 0.3) is 0 Å². The van der Waals surface area contributed by atoms with Gasteiger partial charge in [0.1, 0.15) is 5.82 Å². The smallest absolute Gasteiger partial charge is 0.243 e. The number of carbonyl (C=O) groups excluding carboxylic acids is 1. The molecule has 1 fully saturated rings. The second-order valence-corrected chi connectivity index (χ2v) is 10.3. The fourth-order valence-corrected chi connectivity index (χ4v) is 6.40. The number of aryl methyl sites for hydroxylation is 4. The number of sulfonamides is 1. The van der Waals surface area contributed by atoms with E-state index in [1.54, 1.807) is 0 Å². The van der Waals surface area contributed by atoms with Gasteiger partial charge in [-0.2, -0.15) is 4.31 Å². The Bertz CT molecular complexity index is 1230. The summed E-state index contributed by atoms with van der Waals surface area (Å²) in [5.74, 6) is 0.535. The monoisotopic (exact) mass is 440 g/mol. The lowest BCUT2D eigenvalue weighted by Crippen LogP contribution is -2.41. The molecule has 0 bridgehead atoms. The highest BCUT2D eigenvalue weighted by Crippen LogP contribution is 2.29. The Kier molecular flexibility index (Phi) is 5.61. The first-order chi connectivity index (χ1) is 14.6. The fraction of sp³-hybridized carbons (Fsp3) is 0.391. The van der Waals surface area contributed by atoms with E-state index in [4.69, 9.17) is 0 Å². The van der Waals surface area contributed by atoms with Crippen LogP contribution in [0.15, 0.2) is 35.2 Å².